The van der Waals surface area contributed by atoms with Crippen molar-refractivity contribution < 1.29 is 14.6 Å². The zero-order chi connectivity index (χ0) is 18.7. The summed E-state index contributed by atoms with van der Waals surface area (Å²) in [6.45, 7) is 8.63. The lowest BCUT2D eigenvalue weighted by Crippen LogP contribution is -2.25. The van der Waals surface area contributed by atoms with E-state index in [0.717, 1.165) is 51.4 Å². The normalized spacial score (nSPS) is 25.7. The van der Waals surface area contributed by atoms with Crippen molar-refractivity contribution in [2.24, 2.45) is 11.8 Å². The fraction of sp³-hybridized carbons (Fsp3) is 0.955. The fourth-order valence-corrected chi connectivity index (χ4v) is 4.09. The van der Waals surface area contributed by atoms with E-state index in [4.69, 9.17) is 4.74 Å². The summed E-state index contributed by atoms with van der Waals surface area (Å²) < 4.78 is 5.70. The molecule has 0 aromatic carbocycles. The first kappa shape index (κ1) is 22.5. The molecular weight excluding hydrogens is 312 g/mol. The molecule has 1 aliphatic carbocycles. The zero-order valence-electron chi connectivity index (χ0n) is 17.2. The summed E-state index contributed by atoms with van der Waals surface area (Å²) in [4.78, 5) is 12.0. The van der Waals surface area contributed by atoms with Crippen LogP contribution in [0.1, 0.15) is 111 Å². The van der Waals surface area contributed by atoms with E-state index in [0.29, 0.717) is 18.3 Å². The van der Waals surface area contributed by atoms with Gasteiger partial charge < -0.3 is 9.84 Å². The van der Waals surface area contributed by atoms with Gasteiger partial charge in [0.2, 0.25) is 0 Å². The Bertz CT molecular complexity index is 364. The fourth-order valence-electron chi connectivity index (χ4n) is 4.09. The number of rotatable bonds is 13. The van der Waals surface area contributed by atoms with E-state index >= 15 is 0 Å². The van der Waals surface area contributed by atoms with E-state index in [2.05, 4.69) is 20.8 Å². The van der Waals surface area contributed by atoms with E-state index in [1.165, 1.54) is 25.7 Å². The van der Waals surface area contributed by atoms with Gasteiger partial charge in [-0.3, -0.25) is 4.79 Å². The summed E-state index contributed by atoms with van der Waals surface area (Å²) in [5.74, 6) is 1.15. The summed E-state index contributed by atoms with van der Waals surface area (Å²) in [7, 11) is 0. The maximum absolute atomic E-state index is 12.0. The highest BCUT2D eigenvalue weighted by Crippen LogP contribution is 2.38. The van der Waals surface area contributed by atoms with Crippen LogP contribution in [0.5, 0.6) is 0 Å². The molecule has 25 heavy (non-hydrogen) atoms. The molecule has 3 heteroatoms. The third-order valence-electron chi connectivity index (χ3n) is 5.91. The quantitative estimate of drug-likeness (QED) is 0.324. The molecule has 0 aliphatic heterocycles. The molecule has 1 saturated carbocycles. The molecule has 0 aromatic rings. The topological polar surface area (TPSA) is 46.5 Å². The molecule has 4 atom stereocenters. The lowest BCUT2D eigenvalue weighted by Gasteiger charge is -2.26. The van der Waals surface area contributed by atoms with Crippen LogP contribution in [0.2, 0.25) is 0 Å². The second-order valence-corrected chi connectivity index (χ2v) is 8.62. The third-order valence-corrected chi connectivity index (χ3v) is 5.91. The second kappa shape index (κ2) is 11.9. The smallest absolute Gasteiger partial charge is 0.306 e. The number of hydrogen-bond donors (Lipinski definition) is 1. The van der Waals surface area contributed by atoms with Crippen LogP contribution >= 0.6 is 0 Å². The number of hydrogen-bond acceptors (Lipinski definition) is 3. The van der Waals surface area contributed by atoms with Gasteiger partial charge in [-0.15, -0.1) is 0 Å². The zero-order valence-corrected chi connectivity index (χ0v) is 17.2. The van der Waals surface area contributed by atoms with Crippen molar-refractivity contribution in [3.05, 3.63) is 0 Å². The summed E-state index contributed by atoms with van der Waals surface area (Å²) >= 11 is 0. The van der Waals surface area contributed by atoms with Gasteiger partial charge in [0.15, 0.2) is 0 Å². The molecule has 0 bridgehead atoms. The summed E-state index contributed by atoms with van der Waals surface area (Å²) in [6.07, 6.45) is 13.4. The number of carbonyl (C=O) groups is 1. The summed E-state index contributed by atoms with van der Waals surface area (Å²) in [5.41, 5.74) is -0.539. The molecule has 1 N–H and O–H groups in total. The third kappa shape index (κ3) is 9.63. The van der Waals surface area contributed by atoms with Crippen molar-refractivity contribution in [2.75, 3.05) is 0 Å². The largest absolute Gasteiger partial charge is 0.462 e. The van der Waals surface area contributed by atoms with E-state index in [-0.39, 0.29) is 12.1 Å². The molecule has 148 valence electrons. The lowest BCUT2D eigenvalue weighted by atomic mass is 9.86. The molecule has 0 aromatic heterocycles. The molecule has 3 unspecified atom stereocenters. The predicted octanol–water partition coefficient (Wildman–Crippen LogP) is 6.03. The van der Waals surface area contributed by atoms with Gasteiger partial charge in [-0.05, 0) is 57.3 Å². The lowest BCUT2D eigenvalue weighted by molar-refractivity contribution is -0.149. The van der Waals surface area contributed by atoms with Crippen molar-refractivity contribution in [2.45, 2.75) is 123 Å². The maximum Gasteiger partial charge on any atom is 0.306 e. The van der Waals surface area contributed by atoms with E-state index in [1.54, 1.807) is 0 Å². The molecule has 1 aliphatic rings. The van der Waals surface area contributed by atoms with Crippen LogP contribution in [-0.4, -0.2) is 22.8 Å². The van der Waals surface area contributed by atoms with Gasteiger partial charge in [0.05, 0.1) is 5.60 Å². The van der Waals surface area contributed by atoms with Crippen LogP contribution in [0.3, 0.4) is 0 Å². The number of ether oxygens (including phenoxy) is 1. The Morgan fingerprint density at radius 1 is 1.04 bits per heavy atom. The molecular formula is C22H42O3. The Balaban J connectivity index is 2.26. The highest BCUT2D eigenvalue weighted by atomic mass is 16.5. The van der Waals surface area contributed by atoms with Crippen LogP contribution in [-0.2, 0) is 9.53 Å². The van der Waals surface area contributed by atoms with Crippen LogP contribution < -0.4 is 0 Å². The average Bonchev–Trinajstić information content (AvgIpc) is 2.89. The van der Waals surface area contributed by atoms with Crippen LogP contribution in [0.4, 0.5) is 0 Å². The first-order chi connectivity index (χ1) is 11.9. The van der Waals surface area contributed by atoms with E-state index in [1.807, 2.05) is 6.92 Å². The predicted molar refractivity (Wildman–Crippen MR) is 105 cm³/mol. The average molecular weight is 355 g/mol. The number of aliphatic hydroxyl groups is 1. The highest BCUT2D eigenvalue weighted by molar-refractivity contribution is 5.69. The molecule has 0 saturated heterocycles. The molecule has 1 fully saturated rings. The Morgan fingerprint density at radius 3 is 2.40 bits per heavy atom. The first-order valence-electron chi connectivity index (χ1n) is 10.8. The van der Waals surface area contributed by atoms with Gasteiger partial charge in [-0.25, -0.2) is 0 Å². The van der Waals surface area contributed by atoms with E-state index in [9.17, 15) is 9.90 Å². The molecule has 1 rings (SSSR count). The summed E-state index contributed by atoms with van der Waals surface area (Å²) in [6, 6.07) is 0. The van der Waals surface area contributed by atoms with Crippen molar-refractivity contribution in [3.63, 3.8) is 0 Å². The van der Waals surface area contributed by atoms with E-state index < -0.39 is 5.60 Å². The van der Waals surface area contributed by atoms with Crippen molar-refractivity contribution in [1.82, 2.24) is 0 Å². The minimum Gasteiger partial charge on any atom is -0.462 e. The van der Waals surface area contributed by atoms with Crippen LogP contribution in [0.15, 0.2) is 0 Å². The van der Waals surface area contributed by atoms with Crippen molar-refractivity contribution in [1.29, 1.82) is 0 Å². The number of unbranched alkanes of at least 4 members (excludes halogenated alkanes) is 5. The Labute approximate surface area is 155 Å². The molecule has 0 amide bonds. The first-order valence-corrected chi connectivity index (χ1v) is 10.8. The molecule has 3 nitrogen and oxygen atoms in total. The highest BCUT2D eigenvalue weighted by Gasteiger charge is 2.34. The monoisotopic (exact) mass is 354 g/mol. The minimum atomic E-state index is -0.539. The maximum atomic E-state index is 12.0. The van der Waals surface area contributed by atoms with Crippen LogP contribution in [0, 0.1) is 11.8 Å². The van der Waals surface area contributed by atoms with Gasteiger partial charge in [-0.1, -0.05) is 59.3 Å². The van der Waals surface area contributed by atoms with Gasteiger partial charge in [-0.2, -0.15) is 0 Å². The van der Waals surface area contributed by atoms with Gasteiger partial charge in [0.25, 0.3) is 0 Å². The Kier molecular flexibility index (Phi) is 10.7. The number of carbonyl (C=O) groups excluding carboxylic acids is 1. The standard InChI is InChI=1S/C22H42O3/c1-5-7-9-10-12-21(23)25-20-16-18(3)19(17-20)13-15-22(4,24)14-11-8-6-2/h18-20,24H,5-17H2,1-4H3/t18?,19?,20?,22-/m0/s1. The summed E-state index contributed by atoms with van der Waals surface area (Å²) in [5, 5.41) is 10.6. The Morgan fingerprint density at radius 2 is 1.72 bits per heavy atom. The SMILES string of the molecule is CCCCCCC(=O)OC1CC(C)C(CC[C@@](C)(O)CCCCC)C1. The van der Waals surface area contributed by atoms with Crippen molar-refractivity contribution in [3.8, 4) is 0 Å². The minimum absolute atomic E-state index is 0.0134. The molecule has 0 radical (unpaired) electrons. The van der Waals surface area contributed by atoms with Crippen molar-refractivity contribution >= 4 is 5.97 Å². The molecule has 0 heterocycles. The molecule has 0 spiro atoms. The second-order valence-electron chi connectivity index (χ2n) is 8.62. The van der Waals surface area contributed by atoms with Gasteiger partial charge in [0.1, 0.15) is 6.10 Å². The van der Waals surface area contributed by atoms with Gasteiger partial charge in [0, 0.05) is 6.42 Å². The van der Waals surface area contributed by atoms with Crippen LogP contribution in [0.25, 0.3) is 0 Å². The Hall–Kier alpha value is -0.570. The van der Waals surface area contributed by atoms with Gasteiger partial charge >= 0.3 is 5.97 Å². The number of esters is 1.